The lowest BCUT2D eigenvalue weighted by molar-refractivity contribution is -0.136. The summed E-state index contributed by atoms with van der Waals surface area (Å²) in [6, 6.07) is 15.4. The molecule has 0 saturated carbocycles. The van der Waals surface area contributed by atoms with E-state index in [1.165, 1.54) is 7.11 Å². The van der Waals surface area contributed by atoms with E-state index in [-0.39, 0.29) is 31.1 Å². The number of carbonyl (C=O) groups is 2. The molecule has 4 aromatic rings. The summed E-state index contributed by atoms with van der Waals surface area (Å²) in [4.78, 5) is 44.6. The van der Waals surface area contributed by atoms with Crippen LogP contribution >= 0.6 is 0 Å². The number of ether oxygens (including phenoxy) is 2. The van der Waals surface area contributed by atoms with Gasteiger partial charge in [0.25, 0.3) is 0 Å². The third-order valence-corrected chi connectivity index (χ3v) is 9.53. The van der Waals surface area contributed by atoms with Crippen molar-refractivity contribution in [2.75, 3.05) is 26.7 Å². The van der Waals surface area contributed by atoms with Gasteiger partial charge >= 0.3 is 18.4 Å². The minimum Gasteiger partial charge on any atom is -0.453 e. The third kappa shape index (κ3) is 9.14. The zero-order chi connectivity index (χ0) is 37.0. The molecule has 52 heavy (non-hydrogen) atoms. The number of nitrogens with one attached hydrogen (secondary N) is 3. The van der Waals surface area contributed by atoms with E-state index in [0.717, 1.165) is 71.0 Å². The number of likely N-dealkylation sites (tertiary alicyclic amines) is 2. The smallest absolute Gasteiger partial charge is 0.410 e. The fourth-order valence-corrected chi connectivity index (χ4v) is 6.99. The number of alkyl carbamates (subject to hydrolysis) is 1. The molecule has 2 aromatic heterocycles. The third-order valence-electron chi connectivity index (χ3n) is 9.53. The predicted octanol–water partition coefficient (Wildman–Crippen LogP) is 8.41. The van der Waals surface area contributed by atoms with Crippen molar-refractivity contribution < 1.29 is 32.2 Å². The molecule has 0 bridgehead atoms. The molecule has 11 nitrogen and oxygen atoms in total. The van der Waals surface area contributed by atoms with Gasteiger partial charge in [0.1, 0.15) is 17.2 Å². The van der Waals surface area contributed by atoms with Crippen molar-refractivity contribution in [1.82, 2.24) is 35.1 Å². The van der Waals surface area contributed by atoms with E-state index >= 15 is 0 Å². The van der Waals surface area contributed by atoms with Crippen LogP contribution in [0.25, 0.3) is 33.6 Å². The number of benzene rings is 2. The Balaban J connectivity index is 1.08. The van der Waals surface area contributed by atoms with E-state index in [9.17, 15) is 22.8 Å². The maximum Gasteiger partial charge on any atom is 0.410 e. The van der Waals surface area contributed by atoms with E-state index in [1.807, 2.05) is 45.0 Å². The average Bonchev–Trinajstić information content (AvgIpc) is 3.93. The molecule has 3 N–H and O–H groups in total. The van der Waals surface area contributed by atoms with Gasteiger partial charge in [-0.05, 0) is 81.7 Å². The average molecular weight is 722 g/mol. The number of H-pyrrole nitrogens is 2. The number of imidazole rings is 2. The number of hydrogen-bond donors (Lipinski definition) is 3. The predicted molar refractivity (Wildman–Crippen MR) is 190 cm³/mol. The monoisotopic (exact) mass is 721 g/mol. The maximum absolute atomic E-state index is 13.0. The maximum atomic E-state index is 13.0. The first-order valence-corrected chi connectivity index (χ1v) is 17.7. The molecule has 2 aliphatic heterocycles. The van der Waals surface area contributed by atoms with Crippen LogP contribution in [0.2, 0.25) is 0 Å². The molecule has 2 saturated heterocycles. The van der Waals surface area contributed by atoms with Crippen LogP contribution in [0.15, 0.2) is 60.9 Å². The molecule has 2 aliphatic rings. The zero-order valence-electron chi connectivity index (χ0n) is 29.9. The Bertz CT molecular complexity index is 1820. The van der Waals surface area contributed by atoms with E-state index < -0.39 is 30.3 Å². The molecule has 0 aliphatic carbocycles. The van der Waals surface area contributed by atoms with Gasteiger partial charge in [-0.15, -0.1) is 0 Å². The van der Waals surface area contributed by atoms with E-state index in [4.69, 9.17) is 4.74 Å². The summed E-state index contributed by atoms with van der Waals surface area (Å²) in [6.45, 7) is 7.18. The Kier molecular flexibility index (Phi) is 10.9. The highest BCUT2D eigenvalue weighted by Crippen LogP contribution is 2.35. The van der Waals surface area contributed by atoms with Crippen molar-refractivity contribution in [3.63, 3.8) is 0 Å². The molecule has 3 atom stereocenters. The highest BCUT2D eigenvalue weighted by atomic mass is 19.4. The van der Waals surface area contributed by atoms with Crippen LogP contribution < -0.4 is 5.32 Å². The van der Waals surface area contributed by atoms with Crippen molar-refractivity contribution in [2.45, 2.75) is 89.2 Å². The van der Waals surface area contributed by atoms with Crippen molar-refractivity contribution in [2.24, 2.45) is 0 Å². The minimum absolute atomic E-state index is 0.104. The quantitative estimate of drug-likeness (QED) is 0.150. The minimum atomic E-state index is -4.31. The summed E-state index contributed by atoms with van der Waals surface area (Å²) in [5.74, 6) is 1.49. The van der Waals surface area contributed by atoms with Gasteiger partial charge in [0, 0.05) is 25.6 Å². The van der Waals surface area contributed by atoms with Crippen molar-refractivity contribution in [3.05, 3.63) is 72.6 Å². The second-order valence-electron chi connectivity index (χ2n) is 14.5. The van der Waals surface area contributed by atoms with Gasteiger partial charge in [0.05, 0.1) is 43.0 Å². The van der Waals surface area contributed by atoms with Gasteiger partial charge in [-0.1, -0.05) is 48.5 Å². The number of aromatic amines is 2. The van der Waals surface area contributed by atoms with E-state index in [2.05, 4.69) is 59.2 Å². The fourth-order valence-electron chi connectivity index (χ4n) is 6.99. The van der Waals surface area contributed by atoms with Gasteiger partial charge < -0.3 is 24.8 Å². The van der Waals surface area contributed by atoms with Crippen LogP contribution in [-0.4, -0.2) is 86.5 Å². The molecule has 0 radical (unpaired) electrons. The summed E-state index contributed by atoms with van der Waals surface area (Å²) < 4.78 is 49.2. The number of alkyl halides is 3. The lowest BCUT2D eigenvalue weighted by Crippen LogP contribution is -2.44. The number of aromatic nitrogens is 4. The number of rotatable bonds is 10. The van der Waals surface area contributed by atoms with Crippen molar-refractivity contribution in [3.8, 4) is 33.6 Å². The molecule has 3 unspecified atom stereocenters. The van der Waals surface area contributed by atoms with Crippen LogP contribution in [0.3, 0.4) is 0 Å². The number of halogens is 3. The number of carbonyl (C=O) groups excluding carboxylic acids is 2. The van der Waals surface area contributed by atoms with Crippen LogP contribution in [0.4, 0.5) is 22.8 Å². The van der Waals surface area contributed by atoms with Crippen molar-refractivity contribution in [1.29, 1.82) is 0 Å². The highest BCUT2D eigenvalue weighted by molar-refractivity contribution is 5.72. The summed E-state index contributed by atoms with van der Waals surface area (Å²) in [7, 11) is 1.19. The fraction of sp³-hybridized carbons (Fsp3) is 0.474. The number of methoxy groups -OCH3 is 1. The summed E-state index contributed by atoms with van der Waals surface area (Å²) in [5, 5.41) is 2.57. The Morgan fingerprint density at radius 1 is 0.846 bits per heavy atom. The second kappa shape index (κ2) is 15.4. The Morgan fingerprint density at radius 3 is 1.90 bits per heavy atom. The molecule has 2 fully saturated rings. The van der Waals surface area contributed by atoms with Crippen LogP contribution in [0.5, 0.6) is 0 Å². The van der Waals surface area contributed by atoms with Crippen LogP contribution in [-0.2, 0) is 9.47 Å². The molecule has 2 aromatic carbocycles. The van der Waals surface area contributed by atoms with Gasteiger partial charge in [-0.3, -0.25) is 9.80 Å². The topological polar surface area (TPSA) is 128 Å². The molecule has 6 rings (SSSR count). The zero-order valence-corrected chi connectivity index (χ0v) is 29.9. The van der Waals surface area contributed by atoms with Gasteiger partial charge in [-0.25, -0.2) is 19.6 Å². The molecule has 2 amide bonds. The van der Waals surface area contributed by atoms with Gasteiger partial charge in [-0.2, -0.15) is 13.2 Å². The normalized spacial score (nSPS) is 18.8. The number of nitrogens with zero attached hydrogens (tertiary/aromatic N) is 4. The summed E-state index contributed by atoms with van der Waals surface area (Å²) in [6.07, 6.45) is 0.360. The molecule has 14 heteroatoms. The van der Waals surface area contributed by atoms with Crippen molar-refractivity contribution >= 4 is 12.2 Å². The highest BCUT2D eigenvalue weighted by Gasteiger charge is 2.36. The Hall–Kier alpha value is -4.85. The molecular formula is C38H46F3N7O4. The van der Waals surface area contributed by atoms with Crippen LogP contribution in [0.1, 0.15) is 83.0 Å². The number of hydrogen-bond acceptors (Lipinski definition) is 7. The Labute approximate surface area is 301 Å². The summed E-state index contributed by atoms with van der Waals surface area (Å²) >= 11 is 0. The SMILES string of the molecule is COC(=O)NC(CCC(F)(F)F)CN1CCCC1c1ncc(-c2ccc(-c3ccc(-c4cnc(C5CCCN5C(=O)OC(C)(C)C)[nH]4)cc3)cc2)[nH]1. The van der Waals surface area contributed by atoms with Gasteiger partial charge in [0.15, 0.2) is 0 Å². The molecule has 0 spiro atoms. The lowest BCUT2D eigenvalue weighted by atomic mass is 10.0. The number of amides is 2. The first kappa shape index (κ1) is 36.9. The lowest BCUT2D eigenvalue weighted by Gasteiger charge is -2.28. The Morgan fingerprint density at radius 2 is 1.37 bits per heavy atom. The largest absolute Gasteiger partial charge is 0.453 e. The molecular weight excluding hydrogens is 675 g/mol. The first-order chi connectivity index (χ1) is 24.8. The molecule has 278 valence electrons. The second-order valence-corrected chi connectivity index (χ2v) is 14.5. The molecule has 4 heterocycles. The van der Waals surface area contributed by atoms with E-state index in [1.54, 1.807) is 17.3 Å². The van der Waals surface area contributed by atoms with E-state index in [0.29, 0.717) is 13.1 Å². The summed E-state index contributed by atoms with van der Waals surface area (Å²) in [5.41, 5.74) is 5.19. The van der Waals surface area contributed by atoms with Crippen LogP contribution in [0, 0.1) is 0 Å². The van der Waals surface area contributed by atoms with Gasteiger partial charge in [0.2, 0.25) is 0 Å². The standard InChI is InChI=1S/C38H46F3N7O4/c1-37(2,3)52-36(50)48-20-6-8-32(48)34-43-22-30(46-34)27-15-11-25(12-16-27)24-9-13-26(14-10-24)29-21-42-33(45-29)31-7-5-19-47(31)23-28(44-35(49)51-4)17-18-38(39,40)41/h9-16,21-22,28,31-32H,5-8,17-20,23H2,1-4H3,(H,42,45)(H,43,46)(H,44,49). The first-order valence-electron chi connectivity index (χ1n) is 17.7.